The van der Waals surface area contributed by atoms with Crippen molar-refractivity contribution in [2.45, 2.75) is 56.3 Å². The highest BCUT2D eigenvalue weighted by Gasteiger charge is 2.26. The second-order valence-electron chi connectivity index (χ2n) is 6.06. The van der Waals surface area contributed by atoms with Crippen LogP contribution in [-0.2, 0) is 4.79 Å². The second-order valence-corrected chi connectivity index (χ2v) is 8.62. The maximum Gasteiger partial charge on any atom is 0.236 e. The molecule has 0 radical (unpaired) electrons. The van der Waals surface area contributed by atoms with Crippen molar-refractivity contribution in [1.29, 1.82) is 0 Å². The average Bonchev–Trinajstić information content (AvgIpc) is 2.94. The van der Waals surface area contributed by atoms with Crippen LogP contribution in [0, 0.1) is 0 Å². The van der Waals surface area contributed by atoms with Gasteiger partial charge in [-0.05, 0) is 46.8 Å². The molecule has 0 saturated heterocycles. The lowest BCUT2D eigenvalue weighted by atomic mass is 10.2. The van der Waals surface area contributed by atoms with Crippen LogP contribution in [0.15, 0.2) is 34.7 Å². The third-order valence-corrected chi connectivity index (χ3v) is 5.43. The molecule has 130 valence electrons. The number of hydrogen-bond donors (Lipinski definition) is 1. The standard InChI is InChI=1S/C17H24N4OS2/c1-11(2)21(12(3)4)15(22)13(5)23-17-20-19-16(24-17)18-14-9-7-6-8-10-14/h6-13H,1-5H3,(H,18,19)/t13-/m1/s1. The van der Waals surface area contributed by atoms with Crippen LogP contribution in [0.2, 0.25) is 0 Å². The van der Waals surface area contributed by atoms with Crippen molar-refractivity contribution in [2.24, 2.45) is 0 Å². The molecule has 24 heavy (non-hydrogen) atoms. The maximum atomic E-state index is 12.7. The quantitative estimate of drug-likeness (QED) is 0.738. The van der Waals surface area contributed by atoms with Gasteiger partial charge in [0.1, 0.15) is 0 Å². The number of nitrogens with one attached hydrogen (secondary N) is 1. The summed E-state index contributed by atoms with van der Waals surface area (Å²) in [5.41, 5.74) is 0.972. The van der Waals surface area contributed by atoms with Gasteiger partial charge in [0.15, 0.2) is 4.34 Å². The van der Waals surface area contributed by atoms with E-state index in [2.05, 4.69) is 15.5 Å². The van der Waals surface area contributed by atoms with Crippen LogP contribution in [0.5, 0.6) is 0 Å². The van der Waals surface area contributed by atoms with Gasteiger partial charge < -0.3 is 10.2 Å². The summed E-state index contributed by atoms with van der Waals surface area (Å²) in [5, 5.41) is 12.1. The van der Waals surface area contributed by atoms with E-state index in [1.165, 1.54) is 23.1 Å². The molecule has 0 aliphatic heterocycles. The Morgan fingerprint density at radius 1 is 1.08 bits per heavy atom. The average molecular weight is 365 g/mol. The van der Waals surface area contributed by atoms with Crippen molar-refractivity contribution in [1.82, 2.24) is 15.1 Å². The van der Waals surface area contributed by atoms with Gasteiger partial charge in [-0.3, -0.25) is 4.79 Å². The molecule has 1 amide bonds. The van der Waals surface area contributed by atoms with Gasteiger partial charge in [0.25, 0.3) is 0 Å². The Bertz CT molecular complexity index is 650. The molecular weight excluding hydrogens is 340 g/mol. The van der Waals surface area contributed by atoms with Gasteiger partial charge >= 0.3 is 0 Å². The molecule has 1 atom stereocenters. The monoisotopic (exact) mass is 364 g/mol. The summed E-state index contributed by atoms with van der Waals surface area (Å²) >= 11 is 2.92. The predicted octanol–water partition coefficient (Wildman–Crippen LogP) is 4.41. The summed E-state index contributed by atoms with van der Waals surface area (Å²) in [7, 11) is 0. The number of para-hydroxylation sites is 1. The molecule has 1 heterocycles. The zero-order valence-electron chi connectivity index (χ0n) is 14.7. The number of anilines is 2. The number of carbonyl (C=O) groups is 1. The number of thioether (sulfide) groups is 1. The van der Waals surface area contributed by atoms with E-state index >= 15 is 0 Å². The van der Waals surface area contributed by atoms with Crippen LogP contribution in [-0.4, -0.2) is 38.3 Å². The largest absolute Gasteiger partial charge is 0.337 e. The molecule has 5 nitrogen and oxygen atoms in total. The van der Waals surface area contributed by atoms with Crippen LogP contribution in [0.3, 0.4) is 0 Å². The van der Waals surface area contributed by atoms with E-state index in [0.29, 0.717) is 0 Å². The Morgan fingerprint density at radius 2 is 1.71 bits per heavy atom. The lowest BCUT2D eigenvalue weighted by molar-refractivity contribution is -0.133. The zero-order chi connectivity index (χ0) is 17.7. The Morgan fingerprint density at radius 3 is 2.29 bits per heavy atom. The topological polar surface area (TPSA) is 58.1 Å². The van der Waals surface area contributed by atoms with Gasteiger partial charge in [0, 0.05) is 17.8 Å². The van der Waals surface area contributed by atoms with Crippen molar-refractivity contribution >= 4 is 39.8 Å². The minimum absolute atomic E-state index is 0.137. The van der Waals surface area contributed by atoms with Crippen molar-refractivity contribution in [3.63, 3.8) is 0 Å². The molecule has 1 N–H and O–H groups in total. The minimum Gasteiger partial charge on any atom is -0.337 e. The van der Waals surface area contributed by atoms with E-state index in [9.17, 15) is 4.79 Å². The first kappa shape index (κ1) is 18.7. The van der Waals surface area contributed by atoms with Gasteiger partial charge in [-0.25, -0.2) is 0 Å². The van der Waals surface area contributed by atoms with Crippen LogP contribution in [0.25, 0.3) is 0 Å². The fraction of sp³-hybridized carbons (Fsp3) is 0.471. The summed E-state index contributed by atoms with van der Waals surface area (Å²) in [6.07, 6.45) is 0. The first-order valence-corrected chi connectivity index (χ1v) is 9.72. The molecule has 0 bridgehead atoms. The van der Waals surface area contributed by atoms with E-state index < -0.39 is 0 Å². The van der Waals surface area contributed by atoms with Crippen molar-refractivity contribution in [3.8, 4) is 0 Å². The summed E-state index contributed by atoms with van der Waals surface area (Å²) in [6.45, 7) is 10.1. The molecule has 7 heteroatoms. The fourth-order valence-electron chi connectivity index (χ4n) is 2.47. The number of nitrogens with zero attached hydrogens (tertiary/aromatic N) is 3. The van der Waals surface area contributed by atoms with E-state index in [0.717, 1.165) is 15.2 Å². The normalized spacial score (nSPS) is 12.5. The van der Waals surface area contributed by atoms with Gasteiger partial charge in [0.2, 0.25) is 11.0 Å². The highest BCUT2D eigenvalue weighted by molar-refractivity contribution is 8.02. The molecular formula is C17H24N4OS2. The third-order valence-electron chi connectivity index (χ3n) is 3.42. The molecule has 0 spiro atoms. The Labute approximate surface area is 151 Å². The number of amides is 1. The molecule has 2 rings (SSSR count). The summed E-state index contributed by atoms with van der Waals surface area (Å²) in [6, 6.07) is 10.2. The lowest BCUT2D eigenvalue weighted by Gasteiger charge is -2.32. The van der Waals surface area contributed by atoms with Crippen molar-refractivity contribution < 1.29 is 4.79 Å². The molecule has 0 aliphatic carbocycles. The summed E-state index contributed by atoms with van der Waals surface area (Å²) < 4.78 is 0.793. The highest BCUT2D eigenvalue weighted by Crippen LogP contribution is 2.31. The Balaban J connectivity index is 1.99. The molecule has 1 aromatic carbocycles. The molecule has 0 aliphatic rings. The molecule has 0 unspecified atom stereocenters. The third kappa shape index (κ3) is 4.95. The molecule has 1 aromatic heterocycles. The molecule has 2 aromatic rings. The number of carbonyl (C=O) groups excluding carboxylic acids is 1. The lowest BCUT2D eigenvalue weighted by Crippen LogP contribution is -2.45. The minimum atomic E-state index is -0.188. The zero-order valence-corrected chi connectivity index (χ0v) is 16.3. The van der Waals surface area contributed by atoms with Gasteiger partial charge in [-0.1, -0.05) is 41.3 Å². The van der Waals surface area contributed by atoms with E-state index in [1.807, 2.05) is 69.9 Å². The number of rotatable bonds is 7. The summed E-state index contributed by atoms with van der Waals surface area (Å²) in [5.74, 6) is 0.137. The van der Waals surface area contributed by atoms with Crippen molar-refractivity contribution in [2.75, 3.05) is 5.32 Å². The van der Waals surface area contributed by atoms with E-state index in [4.69, 9.17) is 0 Å². The predicted molar refractivity (Wildman–Crippen MR) is 102 cm³/mol. The number of benzene rings is 1. The van der Waals surface area contributed by atoms with Gasteiger partial charge in [-0.15, -0.1) is 10.2 Å². The SMILES string of the molecule is CC(C)N(C(=O)[C@@H](C)Sc1nnc(Nc2ccccc2)s1)C(C)C. The Hall–Kier alpha value is -1.60. The van der Waals surface area contributed by atoms with Crippen LogP contribution in [0.4, 0.5) is 10.8 Å². The maximum absolute atomic E-state index is 12.7. The van der Waals surface area contributed by atoms with Crippen LogP contribution >= 0.6 is 23.1 Å². The summed E-state index contributed by atoms with van der Waals surface area (Å²) in [4.78, 5) is 14.6. The van der Waals surface area contributed by atoms with E-state index in [-0.39, 0.29) is 23.2 Å². The fourth-order valence-corrected chi connectivity index (χ4v) is 4.44. The van der Waals surface area contributed by atoms with Crippen LogP contribution in [0.1, 0.15) is 34.6 Å². The first-order chi connectivity index (χ1) is 11.4. The number of aromatic nitrogens is 2. The molecule has 0 saturated carbocycles. The smallest absolute Gasteiger partial charge is 0.236 e. The van der Waals surface area contributed by atoms with E-state index in [1.54, 1.807) is 0 Å². The van der Waals surface area contributed by atoms with Gasteiger partial charge in [-0.2, -0.15) is 0 Å². The highest BCUT2D eigenvalue weighted by atomic mass is 32.2. The van der Waals surface area contributed by atoms with Crippen molar-refractivity contribution in [3.05, 3.63) is 30.3 Å². The first-order valence-electron chi connectivity index (χ1n) is 8.03. The Kier molecular flexibility index (Phi) is 6.62. The van der Waals surface area contributed by atoms with Gasteiger partial charge in [0.05, 0.1) is 5.25 Å². The second kappa shape index (κ2) is 8.48. The number of hydrogen-bond acceptors (Lipinski definition) is 6. The van der Waals surface area contributed by atoms with Crippen LogP contribution < -0.4 is 5.32 Å². The molecule has 0 fully saturated rings.